The molecule has 0 atom stereocenters. The molecule has 0 saturated heterocycles. The number of carbonyl (C=O) groups excluding carboxylic acids is 1. The van der Waals surface area contributed by atoms with E-state index in [0.717, 1.165) is 25.1 Å². The van der Waals surface area contributed by atoms with Gasteiger partial charge in [0.2, 0.25) is 0 Å². The molecule has 0 unspecified atom stereocenters. The van der Waals surface area contributed by atoms with E-state index < -0.39 is 0 Å². The van der Waals surface area contributed by atoms with Crippen molar-refractivity contribution in [2.75, 3.05) is 25.1 Å². The van der Waals surface area contributed by atoms with E-state index in [1.165, 1.54) is 44.9 Å². The normalized spacial score (nSPS) is 10.6. The molecule has 0 saturated carbocycles. The molecule has 136 valence electrons. The molecule has 0 heterocycles. The Morgan fingerprint density at radius 3 is 2.00 bits per heavy atom. The predicted molar refractivity (Wildman–Crippen MR) is 99.5 cm³/mol. The summed E-state index contributed by atoms with van der Waals surface area (Å²) in [6, 6.07) is 7.46. The summed E-state index contributed by atoms with van der Waals surface area (Å²) in [6.07, 6.45) is 11.0. The minimum absolute atomic E-state index is 0.264. The molecule has 4 nitrogen and oxygen atoms in total. The zero-order valence-corrected chi connectivity index (χ0v) is 15.1. The van der Waals surface area contributed by atoms with Crippen LogP contribution in [-0.4, -0.2) is 30.8 Å². The van der Waals surface area contributed by atoms with Gasteiger partial charge >= 0.3 is 5.97 Å². The van der Waals surface area contributed by atoms with Crippen molar-refractivity contribution in [2.24, 2.45) is 0 Å². The van der Waals surface area contributed by atoms with Crippen LogP contribution in [0.2, 0.25) is 0 Å². The molecule has 1 aromatic rings. The molecule has 0 amide bonds. The molecular weight excluding hydrogens is 302 g/mol. The lowest BCUT2D eigenvalue weighted by atomic mass is 10.1. The van der Waals surface area contributed by atoms with Crippen LogP contribution < -0.4 is 5.32 Å². The molecule has 0 bridgehead atoms. The number of esters is 1. The molecule has 24 heavy (non-hydrogen) atoms. The van der Waals surface area contributed by atoms with Crippen molar-refractivity contribution in [3.8, 4) is 0 Å². The summed E-state index contributed by atoms with van der Waals surface area (Å²) in [4.78, 5) is 11.6. The van der Waals surface area contributed by atoms with E-state index in [4.69, 9.17) is 9.84 Å². The van der Waals surface area contributed by atoms with Crippen LogP contribution in [0.3, 0.4) is 0 Å². The summed E-state index contributed by atoms with van der Waals surface area (Å²) in [7, 11) is 0. The Morgan fingerprint density at radius 2 is 1.46 bits per heavy atom. The van der Waals surface area contributed by atoms with Gasteiger partial charge in [0, 0.05) is 18.8 Å². The van der Waals surface area contributed by atoms with Gasteiger partial charge in [-0.05, 0) is 44.0 Å². The molecule has 0 aliphatic carbocycles. The summed E-state index contributed by atoms with van der Waals surface area (Å²) in [6.45, 7) is 3.51. The van der Waals surface area contributed by atoms with Gasteiger partial charge in [-0.25, -0.2) is 4.79 Å². The third kappa shape index (κ3) is 9.56. The number of benzene rings is 1. The monoisotopic (exact) mass is 335 g/mol. The van der Waals surface area contributed by atoms with Crippen molar-refractivity contribution in [1.29, 1.82) is 0 Å². The zero-order valence-electron chi connectivity index (χ0n) is 15.1. The van der Waals surface area contributed by atoms with Crippen LogP contribution in [0.5, 0.6) is 0 Å². The Kier molecular flexibility index (Phi) is 11.8. The second kappa shape index (κ2) is 13.8. The van der Waals surface area contributed by atoms with Crippen molar-refractivity contribution in [3.63, 3.8) is 0 Å². The van der Waals surface area contributed by atoms with Gasteiger partial charge < -0.3 is 15.2 Å². The van der Waals surface area contributed by atoms with Crippen molar-refractivity contribution < 1.29 is 14.6 Å². The third-order valence-corrected chi connectivity index (χ3v) is 4.06. The Hall–Kier alpha value is -1.55. The van der Waals surface area contributed by atoms with Gasteiger partial charge in [-0.2, -0.15) is 0 Å². The molecule has 0 aromatic heterocycles. The van der Waals surface area contributed by atoms with E-state index in [0.29, 0.717) is 18.8 Å². The fraction of sp³-hybridized carbons (Fsp3) is 0.650. The molecule has 0 spiro atoms. The van der Waals surface area contributed by atoms with Crippen molar-refractivity contribution in [2.45, 2.75) is 64.7 Å². The molecule has 0 fully saturated rings. The lowest BCUT2D eigenvalue weighted by molar-refractivity contribution is 0.0526. The van der Waals surface area contributed by atoms with Crippen LogP contribution in [0.25, 0.3) is 0 Å². The SMILES string of the molecule is CCOC(=O)c1ccc(NCCCCCCCCCCCO)cc1. The van der Waals surface area contributed by atoms with Crippen LogP contribution in [0.1, 0.15) is 75.1 Å². The summed E-state index contributed by atoms with van der Waals surface area (Å²) in [5.41, 5.74) is 1.65. The fourth-order valence-corrected chi connectivity index (χ4v) is 2.65. The quantitative estimate of drug-likeness (QED) is 0.379. The number of hydrogen-bond acceptors (Lipinski definition) is 4. The van der Waals surface area contributed by atoms with Crippen LogP contribution in [0, 0.1) is 0 Å². The van der Waals surface area contributed by atoms with Gasteiger partial charge in [-0.1, -0.05) is 44.9 Å². The van der Waals surface area contributed by atoms with E-state index in [1.807, 2.05) is 19.1 Å². The lowest BCUT2D eigenvalue weighted by Crippen LogP contribution is -2.05. The van der Waals surface area contributed by atoms with Gasteiger partial charge in [0.05, 0.1) is 12.2 Å². The van der Waals surface area contributed by atoms with Crippen molar-refractivity contribution in [1.82, 2.24) is 0 Å². The Balaban J connectivity index is 2.00. The number of anilines is 1. The maximum Gasteiger partial charge on any atom is 0.338 e. The van der Waals surface area contributed by atoms with Gasteiger partial charge in [0.15, 0.2) is 0 Å². The first-order valence-electron chi connectivity index (χ1n) is 9.40. The second-order valence-electron chi connectivity index (χ2n) is 6.13. The van der Waals surface area contributed by atoms with Crippen molar-refractivity contribution >= 4 is 11.7 Å². The summed E-state index contributed by atoms with van der Waals surface area (Å²) in [5, 5.41) is 12.1. The summed E-state index contributed by atoms with van der Waals surface area (Å²) in [5.74, 6) is -0.264. The maximum absolute atomic E-state index is 11.6. The standard InChI is InChI=1S/C20H33NO3/c1-2-24-20(23)18-12-14-19(15-13-18)21-16-10-8-6-4-3-5-7-9-11-17-22/h12-15,21-22H,2-11,16-17H2,1H3. The molecule has 4 heteroatoms. The number of aliphatic hydroxyl groups is 1. The first kappa shape index (κ1) is 20.5. The molecule has 2 N–H and O–H groups in total. The largest absolute Gasteiger partial charge is 0.462 e. The van der Waals surface area contributed by atoms with E-state index in [2.05, 4.69) is 5.32 Å². The molecule has 1 aromatic carbocycles. The van der Waals surface area contributed by atoms with Crippen LogP contribution in [0.4, 0.5) is 5.69 Å². The van der Waals surface area contributed by atoms with Gasteiger partial charge in [0.1, 0.15) is 0 Å². The van der Waals surface area contributed by atoms with Crippen molar-refractivity contribution in [3.05, 3.63) is 29.8 Å². The number of rotatable bonds is 14. The van der Waals surface area contributed by atoms with E-state index in [9.17, 15) is 4.79 Å². The van der Waals surface area contributed by atoms with Gasteiger partial charge in [-0.15, -0.1) is 0 Å². The van der Waals surface area contributed by atoms with Gasteiger partial charge in [0.25, 0.3) is 0 Å². The van der Waals surface area contributed by atoms with Crippen LogP contribution in [-0.2, 0) is 4.74 Å². The molecule has 0 radical (unpaired) electrons. The van der Waals surface area contributed by atoms with Gasteiger partial charge in [-0.3, -0.25) is 0 Å². The minimum atomic E-state index is -0.264. The van der Waals surface area contributed by atoms with E-state index in [-0.39, 0.29) is 5.97 Å². The van der Waals surface area contributed by atoms with Crippen LogP contribution >= 0.6 is 0 Å². The molecule has 0 aliphatic rings. The second-order valence-corrected chi connectivity index (χ2v) is 6.13. The highest BCUT2D eigenvalue weighted by atomic mass is 16.5. The predicted octanol–water partition coefficient (Wildman–Crippen LogP) is 4.78. The first-order chi connectivity index (χ1) is 11.8. The number of unbranched alkanes of at least 4 members (excludes halogenated alkanes) is 8. The average Bonchev–Trinajstić information content (AvgIpc) is 2.60. The summed E-state index contributed by atoms with van der Waals surface area (Å²) < 4.78 is 4.97. The molecule has 0 aliphatic heterocycles. The first-order valence-corrected chi connectivity index (χ1v) is 9.40. The van der Waals surface area contributed by atoms with E-state index >= 15 is 0 Å². The Morgan fingerprint density at radius 1 is 0.917 bits per heavy atom. The smallest absolute Gasteiger partial charge is 0.338 e. The number of nitrogens with one attached hydrogen (secondary N) is 1. The molecule has 1 rings (SSSR count). The maximum atomic E-state index is 11.6. The Bertz CT molecular complexity index is 431. The average molecular weight is 335 g/mol. The van der Waals surface area contributed by atoms with Crippen LogP contribution in [0.15, 0.2) is 24.3 Å². The highest BCUT2D eigenvalue weighted by Crippen LogP contribution is 2.12. The fourth-order valence-electron chi connectivity index (χ4n) is 2.65. The lowest BCUT2D eigenvalue weighted by Gasteiger charge is -2.07. The zero-order chi connectivity index (χ0) is 17.5. The third-order valence-electron chi connectivity index (χ3n) is 4.06. The van der Waals surface area contributed by atoms with E-state index in [1.54, 1.807) is 12.1 Å². The number of hydrogen-bond donors (Lipinski definition) is 2. The minimum Gasteiger partial charge on any atom is -0.462 e. The topological polar surface area (TPSA) is 58.6 Å². The number of carbonyl (C=O) groups is 1. The highest BCUT2D eigenvalue weighted by Gasteiger charge is 2.05. The number of aliphatic hydroxyl groups excluding tert-OH is 1. The Labute approximate surface area is 146 Å². The summed E-state index contributed by atoms with van der Waals surface area (Å²) >= 11 is 0. The molecular formula is C20H33NO3. The highest BCUT2D eigenvalue weighted by molar-refractivity contribution is 5.89. The number of ether oxygens (including phenoxy) is 1.